The highest BCUT2D eigenvalue weighted by Crippen LogP contribution is 2.37. The summed E-state index contributed by atoms with van der Waals surface area (Å²) in [5.74, 6) is 1.22. The third-order valence-corrected chi connectivity index (χ3v) is 7.85. The average Bonchev–Trinajstić information content (AvgIpc) is 3.38. The zero-order chi connectivity index (χ0) is 26.1. The number of piperazine rings is 1. The van der Waals surface area contributed by atoms with Gasteiger partial charge in [0.2, 0.25) is 0 Å². The third-order valence-electron chi connectivity index (χ3n) is 7.85. The minimum atomic E-state index is -0.201. The second-order valence-electron chi connectivity index (χ2n) is 10.2. The summed E-state index contributed by atoms with van der Waals surface area (Å²) < 4.78 is 25.0. The van der Waals surface area contributed by atoms with E-state index in [0.717, 1.165) is 75.0 Å². The number of nitrogens with zero attached hydrogens (tertiary/aromatic N) is 4. The molecule has 0 spiro atoms. The number of fused-ring (bicyclic) bond motifs is 3. The Hall–Kier alpha value is -3.65. The molecule has 7 nitrogen and oxygen atoms in total. The number of methoxy groups -OCH3 is 1. The summed E-state index contributed by atoms with van der Waals surface area (Å²) in [6.07, 6.45) is 4.80. The zero-order valence-electron chi connectivity index (χ0n) is 21.7. The molecule has 0 N–H and O–H groups in total. The first-order valence-corrected chi connectivity index (χ1v) is 13.5. The molecule has 3 aromatic carbocycles. The van der Waals surface area contributed by atoms with Crippen molar-refractivity contribution in [1.29, 1.82) is 0 Å². The Morgan fingerprint density at radius 2 is 1.74 bits per heavy atom. The number of rotatable bonds is 7. The standard InChI is InChI=1S/C30H33FN4O3/c1-37-28-18-22-17-27-26(30(36)35-10-2-4-25(35)20-32-27)16-21(22)19-29(28)38-15-3-9-33-11-13-34(14-12-33)24-7-5-23(31)6-8-24/h5-8,16-20,25H,2-4,9-15H2,1H3/t25-/m0/s1. The topological polar surface area (TPSA) is 57.6 Å². The molecule has 2 fully saturated rings. The van der Waals surface area contributed by atoms with Crippen molar-refractivity contribution in [2.24, 2.45) is 4.99 Å². The van der Waals surface area contributed by atoms with E-state index in [1.165, 1.54) is 12.1 Å². The third kappa shape index (κ3) is 4.92. The molecular formula is C30H33FN4O3. The van der Waals surface area contributed by atoms with E-state index in [1.807, 2.05) is 47.5 Å². The number of aliphatic imine (C=N–C) groups is 1. The highest BCUT2D eigenvalue weighted by Gasteiger charge is 2.32. The molecule has 8 heteroatoms. The van der Waals surface area contributed by atoms with Gasteiger partial charge in [-0.05, 0) is 78.6 Å². The second kappa shape index (κ2) is 10.6. The highest BCUT2D eigenvalue weighted by molar-refractivity contribution is 6.07. The van der Waals surface area contributed by atoms with Crippen LogP contribution in [0.25, 0.3) is 10.8 Å². The van der Waals surface area contributed by atoms with Gasteiger partial charge in [0.05, 0.1) is 31.0 Å². The maximum absolute atomic E-state index is 13.2. The van der Waals surface area contributed by atoms with Crippen LogP contribution in [0.2, 0.25) is 0 Å². The van der Waals surface area contributed by atoms with Crippen molar-refractivity contribution in [2.75, 3.05) is 57.9 Å². The monoisotopic (exact) mass is 516 g/mol. The van der Waals surface area contributed by atoms with Crippen molar-refractivity contribution in [2.45, 2.75) is 25.3 Å². The number of carbonyl (C=O) groups is 1. The first-order valence-electron chi connectivity index (χ1n) is 13.5. The van der Waals surface area contributed by atoms with Gasteiger partial charge in [0, 0.05) is 51.2 Å². The fourth-order valence-electron chi connectivity index (χ4n) is 5.72. The number of hydrogen-bond donors (Lipinski definition) is 0. The first kappa shape index (κ1) is 24.7. The SMILES string of the molecule is COc1cc2cc3c(cc2cc1OCCCN1CCN(c2ccc(F)cc2)CC1)C(=O)N1CCC[C@H]1C=N3. The van der Waals surface area contributed by atoms with Crippen LogP contribution in [0, 0.1) is 5.82 Å². The van der Waals surface area contributed by atoms with Crippen LogP contribution in [0.4, 0.5) is 15.8 Å². The van der Waals surface area contributed by atoms with Crippen LogP contribution < -0.4 is 14.4 Å². The van der Waals surface area contributed by atoms with E-state index in [2.05, 4.69) is 14.8 Å². The molecule has 3 heterocycles. The van der Waals surface area contributed by atoms with Crippen molar-refractivity contribution < 1.29 is 18.7 Å². The molecule has 0 bridgehead atoms. The van der Waals surface area contributed by atoms with Gasteiger partial charge in [-0.15, -0.1) is 0 Å². The van der Waals surface area contributed by atoms with Crippen LogP contribution >= 0.6 is 0 Å². The fraction of sp³-hybridized carbons (Fsp3) is 0.400. The fourth-order valence-corrected chi connectivity index (χ4v) is 5.72. The van der Waals surface area contributed by atoms with Gasteiger partial charge in [0.15, 0.2) is 11.5 Å². The molecule has 0 unspecified atom stereocenters. The van der Waals surface area contributed by atoms with Crippen LogP contribution in [0.15, 0.2) is 53.5 Å². The summed E-state index contributed by atoms with van der Waals surface area (Å²) in [5.41, 5.74) is 2.43. The van der Waals surface area contributed by atoms with Crippen molar-refractivity contribution in [1.82, 2.24) is 9.80 Å². The Bertz CT molecular complexity index is 1350. The normalized spacial score (nSPS) is 19.4. The lowest BCUT2D eigenvalue weighted by molar-refractivity contribution is 0.0775. The lowest BCUT2D eigenvalue weighted by atomic mass is 10.0. The molecule has 3 aliphatic rings. The second-order valence-corrected chi connectivity index (χ2v) is 10.2. The van der Waals surface area contributed by atoms with Crippen molar-refractivity contribution in [3.63, 3.8) is 0 Å². The molecule has 38 heavy (non-hydrogen) atoms. The van der Waals surface area contributed by atoms with Crippen LogP contribution in [-0.2, 0) is 0 Å². The van der Waals surface area contributed by atoms with Gasteiger partial charge in [-0.2, -0.15) is 0 Å². The number of anilines is 1. The molecule has 0 aliphatic carbocycles. The lowest BCUT2D eigenvalue weighted by Gasteiger charge is -2.36. The molecule has 3 aromatic rings. The number of halogens is 1. The van der Waals surface area contributed by atoms with Crippen molar-refractivity contribution >= 4 is 34.3 Å². The highest BCUT2D eigenvalue weighted by atomic mass is 19.1. The first-order chi connectivity index (χ1) is 18.6. The van der Waals surface area contributed by atoms with Crippen LogP contribution in [0.3, 0.4) is 0 Å². The van der Waals surface area contributed by atoms with E-state index in [4.69, 9.17) is 9.47 Å². The van der Waals surface area contributed by atoms with Gasteiger partial charge in [0.1, 0.15) is 5.82 Å². The molecule has 0 aromatic heterocycles. The van der Waals surface area contributed by atoms with Gasteiger partial charge in [-0.3, -0.25) is 14.7 Å². The molecule has 3 aliphatic heterocycles. The molecule has 6 rings (SSSR count). The van der Waals surface area contributed by atoms with Gasteiger partial charge >= 0.3 is 0 Å². The maximum atomic E-state index is 13.2. The molecule has 2 saturated heterocycles. The number of carbonyl (C=O) groups excluding carboxylic acids is 1. The van der Waals surface area contributed by atoms with Crippen LogP contribution in [0.1, 0.15) is 29.6 Å². The predicted octanol–water partition coefficient (Wildman–Crippen LogP) is 4.90. The van der Waals surface area contributed by atoms with E-state index in [1.54, 1.807) is 7.11 Å². The van der Waals surface area contributed by atoms with E-state index in [0.29, 0.717) is 29.4 Å². The number of ether oxygens (including phenoxy) is 2. The summed E-state index contributed by atoms with van der Waals surface area (Å²) in [6, 6.07) is 14.7. The van der Waals surface area contributed by atoms with Crippen molar-refractivity contribution in [3.05, 3.63) is 59.9 Å². The van der Waals surface area contributed by atoms with Crippen molar-refractivity contribution in [3.8, 4) is 11.5 Å². The van der Waals surface area contributed by atoms with Crippen LogP contribution in [0.5, 0.6) is 11.5 Å². The molecular weight excluding hydrogens is 483 g/mol. The van der Waals surface area contributed by atoms with Gasteiger partial charge in [-0.25, -0.2) is 4.39 Å². The van der Waals surface area contributed by atoms with E-state index in [9.17, 15) is 9.18 Å². The molecule has 0 radical (unpaired) electrons. The smallest absolute Gasteiger partial charge is 0.256 e. The van der Waals surface area contributed by atoms with E-state index < -0.39 is 0 Å². The summed E-state index contributed by atoms with van der Waals surface area (Å²) in [5, 5.41) is 1.91. The van der Waals surface area contributed by atoms with Crippen LogP contribution in [-0.4, -0.2) is 80.9 Å². The Morgan fingerprint density at radius 1 is 0.974 bits per heavy atom. The quantitative estimate of drug-likeness (QED) is 0.418. The Labute approximate surface area is 222 Å². The van der Waals surface area contributed by atoms with Gasteiger partial charge in [-0.1, -0.05) is 0 Å². The Morgan fingerprint density at radius 3 is 2.53 bits per heavy atom. The number of hydrogen-bond acceptors (Lipinski definition) is 6. The Kier molecular flexibility index (Phi) is 6.89. The minimum absolute atomic E-state index is 0.0553. The summed E-state index contributed by atoms with van der Waals surface area (Å²) in [4.78, 5) is 24.5. The van der Waals surface area contributed by atoms with Gasteiger partial charge < -0.3 is 19.3 Å². The van der Waals surface area contributed by atoms with Gasteiger partial charge in [0.25, 0.3) is 5.91 Å². The molecule has 1 atom stereocenters. The number of benzene rings is 3. The minimum Gasteiger partial charge on any atom is -0.493 e. The maximum Gasteiger partial charge on any atom is 0.256 e. The zero-order valence-corrected chi connectivity index (χ0v) is 21.7. The Balaban J connectivity index is 1.08. The summed E-state index contributed by atoms with van der Waals surface area (Å²) in [7, 11) is 1.65. The summed E-state index contributed by atoms with van der Waals surface area (Å²) >= 11 is 0. The predicted molar refractivity (Wildman–Crippen MR) is 148 cm³/mol. The average molecular weight is 517 g/mol. The summed E-state index contributed by atoms with van der Waals surface area (Å²) in [6.45, 7) is 6.10. The largest absolute Gasteiger partial charge is 0.493 e. The lowest BCUT2D eigenvalue weighted by Crippen LogP contribution is -2.46. The van der Waals surface area contributed by atoms with E-state index in [-0.39, 0.29) is 17.8 Å². The molecule has 198 valence electrons. The van der Waals surface area contributed by atoms with E-state index >= 15 is 0 Å². The molecule has 1 amide bonds. The molecule has 0 saturated carbocycles. The number of amides is 1.